The fourth-order valence-electron chi connectivity index (χ4n) is 1.60. The van der Waals surface area contributed by atoms with E-state index in [2.05, 4.69) is 11.9 Å². The zero-order valence-corrected chi connectivity index (χ0v) is 11.6. The van der Waals surface area contributed by atoms with Gasteiger partial charge in [0.2, 0.25) is 5.56 Å². The van der Waals surface area contributed by atoms with Gasteiger partial charge in [-0.15, -0.1) is 0 Å². The summed E-state index contributed by atoms with van der Waals surface area (Å²) in [5.74, 6) is -0.833. The van der Waals surface area contributed by atoms with Crippen LogP contribution >= 0.6 is 0 Å². The van der Waals surface area contributed by atoms with Gasteiger partial charge in [-0.1, -0.05) is 32.6 Å². The number of aromatic nitrogens is 1. The Morgan fingerprint density at radius 2 is 2.00 bits per heavy atom. The monoisotopic (exact) mass is 269 g/mol. The van der Waals surface area contributed by atoms with Gasteiger partial charge in [-0.05, 0) is 18.1 Å². The maximum absolute atomic E-state index is 11.0. The molecular formula is C14H23NO4. The summed E-state index contributed by atoms with van der Waals surface area (Å²) in [6, 6.07) is 3.22. The Morgan fingerprint density at radius 3 is 2.53 bits per heavy atom. The predicted octanol–water partition coefficient (Wildman–Crippen LogP) is 2.47. The summed E-state index contributed by atoms with van der Waals surface area (Å²) >= 11 is 0. The van der Waals surface area contributed by atoms with E-state index >= 15 is 0 Å². The van der Waals surface area contributed by atoms with Crippen molar-refractivity contribution >= 4 is 5.97 Å². The number of hydrogen-bond donors (Lipinski definition) is 3. The highest BCUT2D eigenvalue weighted by Crippen LogP contribution is 2.17. The number of aliphatic hydroxyl groups is 1. The highest BCUT2D eigenvalue weighted by Gasteiger charge is 2.06. The number of carboxylic acid groups (broad SMARTS) is 1. The van der Waals surface area contributed by atoms with Crippen LogP contribution in [0.3, 0.4) is 0 Å². The number of carbonyl (C=O) groups is 1. The third-order valence-electron chi connectivity index (χ3n) is 2.52. The van der Waals surface area contributed by atoms with Crippen LogP contribution < -0.4 is 5.56 Å². The molecular weight excluding hydrogens is 246 g/mol. The van der Waals surface area contributed by atoms with Crippen LogP contribution in [0.25, 0.3) is 0 Å². The number of unbranched alkanes of at least 4 members (excludes halogenated alkanes) is 3. The van der Waals surface area contributed by atoms with Crippen molar-refractivity contribution in [3.63, 3.8) is 0 Å². The van der Waals surface area contributed by atoms with E-state index < -0.39 is 12.1 Å². The van der Waals surface area contributed by atoms with E-state index in [1.54, 1.807) is 12.3 Å². The smallest absolute Gasteiger partial charge is 0.300 e. The van der Waals surface area contributed by atoms with Gasteiger partial charge in [0.05, 0.1) is 6.10 Å². The molecule has 0 radical (unpaired) electrons. The molecule has 108 valence electrons. The molecule has 1 rings (SSSR count). The Hall–Kier alpha value is -1.62. The first kappa shape index (κ1) is 17.4. The number of aromatic amines is 1. The number of aliphatic hydroxyl groups excluding tert-OH is 1. The maximum Gasteiger partial charge on any atom is 0.300 e. The Bertz CT molecular complexity index is 410. The van der Waals surface area contributed by atoms with Gasteiger partial charge in [0, 0.05) is 19.2 Å². The minimum absolute atomic E-state index is 0.153. The molecule has 0 saturated carbocycles. The van der Waals surface area contributed by atoms with E-state index in [1.165, 1.54) is 18.9 Å². The van der Waals surface area contributed by atoms with Crippen LogP contribution in [0, 0.1) is 0 Å². The Kier molecular flexibility index (Phi) is 9.44. The molecule has 0 aliphatic heterocycles. The van der Waals surface area contributed by atoms with Gasteiger partial charge in [0.15, 0.2) is 0 Å². The van der Waals surface area contributed by atoms with Crippen LogP contribution in [0.5, 0.6) is 0 Å². The predicted molar refractivity (Wildman–Crippen MR) is 74.1 cm³/mol. The molecule has 1 aromatic rings. The molecule has 5 nitrogen and oxygen atoms in total. The second-order valence-electron chi connectivity index (χ2n) is 4.37. The molecule has 0 aliphatic carbocycles. The quantitative estimate of drug-likeness (QED) is 0.692. The first-order chi connectivity index (χ1) is 8.97. The first-order valence-electron chi connectivity index (χ1n) is 6.53. The van der Waals surface area contributed by atoms with E-state index in [4.69, 9.17) is 9.90 Å². The second kappa shape index (κ2) is 10.3. The van der Waals surface area contributed by atoms with Gasteiger partial charge in [0.25, 0.3) is 5.97 Å². The lowest BCUT2D eigenvalue weighted by Crippen LogP contribution is -2.07. The van der Waals surface area contributed by atoms with Gasteiger partial charge < -0.3 is 15.2 Å². The van der Waals surface area contributed by atoms with Crippen molar-refractivity contribution in [2.75, 3.05) is 0 Å². The third kappa shape index (κ3) is 10.0. The van der Waals surface area contributed by atoms with Gasteiger partial charge in [-0.3, -0.25) is 9.59 Å². The molecule has 0 fully saturated rings. The van der Waals surface area contributed by atoms with E-state index in [1.807, 2.05) is 0 Å². The zero-order chi connectivity index (χ0) is 14.7. The molecule has 1 atom stereocenters. The van der Waals surface area contributed by atoms with Crippen molar-refractivity contribution < 1.29 is 15.0 Å². The minimum atomic E-state index is -0.833. The van der Waals surface area contributed by atoms with Gasteiger partial charge in [-0.2, -0.15) is 0 Å². The summed E-state index contributed by atoms with van der Waals surface area (Å²) in [5.41, 5.74) is 0.565. The molecule has 0 amide bonds. The van der Waals surface area contributed by atoms with Crippen LogP contribution in [0.15, 0.2) is 23.1 Å². The summed E-state index contributed by atoms with van der Waals surface area (Å²) in [6.07, 6.45) is 6.39. The molecule has 0 aliphatic rings. The first-order valence-corrected chi connectivity index (χ1v) is 6.53. The number of aliphatic carboxylic acids is 1. The fraction of sp³-hybridized carbons (Fsp3) is 0.571. The van der Waals surface area contributed by atoms with Crippen molar-refractivity contribution in [2.45, 2.75) is 52.1 Å². The average Bonchev–Trinajstić information content (AvgIpc) is 2.34. The summed E-state index contributed by atoms with van der Waals surface area (Å²) in [5, 5.41) is 17.2. The molecule has 1 unspecified atom stereocenters. The average molecular weight is 269 g/mol. The zero-order valence-electron chi connectivity index (χ0n) is 11.6. The molecule has 3 N–H and O–H groups in total. The molecule has 5 heteroatoms. The molecule has 0 spiro atoms. The topological polar surface area (TPSA) is 90.4 Å². The third-order valence-corrected chi connectivity index (χ3v) is 2.52. The summed E-state index contributed by atoms with van der Waals surface area (Å²) in [7, 11) is 0. The molecule has 0 bridgehead atoms. The van der Waals surface area contributed by atoms with E-state index in [-0.39, 0.29) is 5.56 Å². The van der Waals surface area contributed by atoms with Crippen molar-refractivity contribution in [1.82, 2.24) is 4.98 Å². The number of H-pyrrole nitrogens is 1. The number of rotatable bonds is 6. The standard InChI is InChI=1S/C12H19NO2.C2H4O2/c1-2-3-4-5-6-11(14)10-7-8-13-12(15)9-10;1-2(3)4/h7-9,11,14H,2-6H2,1H3,(H,13,15);1H3,(H,3,4). The van der Waals surface area contributed by atoms with Crippen molar-refractivity contribution in [3.05, 3.63) is 34.2 Å². The SMILES string of the molecule is CC(=O)O.CCCCCCC(O)c1cc[nH]c(=O)c1. The van der Waals surface area contributed by atoms with Crippen LogP contribution in [-0.4, -0.2) is 21.2 Å². The summed E-state index contributed by atoms with van der Waals surface area (Å²) < 4.78 is 0. The largest absolute Gasteiger partial charge is 0.481 e. The van der Waals surface area contributed by atoms with E-state index in [9.17, 15) is 9.90 Å². The number of nitrogens with one attached hydrogen (secondary N) is 1. The maximum atomic E-state index is 11.0. The molecule has 1 heterocycles. The lowest BCUT2D eigenvalue weighted by molar-refractivity contribution is -0.134. The van der Waals surface area contributed by atoms with Crippen LogP contribution in [0.1, 0.15) is 57.6 Å². The highest BCUT2D eigenvalue weighted by atomic mass is 16.4. The second-order valence-corrected chi connectivity index (χ2v) is 4.37. The summed E-state index contributed by atoms with van der Waals surface area (Å²) in [6.45, 7) is 3.24. The van der Waals surface area contributed by atoms with Gasteiger partial charge in [0.1, 0.15) is 0 Å². The fourth-order valence-corrected chi connectivity index (χ4v) is 1.60. The van der Waals surface area contributed by atoms with Crippen molar-refractivity contribution in [1.29, 1.82) is 0 Å². The molecule has 0 aromatic carbocycles. The number of hydrogen-bond acceptors (Lipinski definition) is 3. The van der Waals surface area contributed by atoms with E-state index in [0.29, 0.717) is 0 Å². The lowest BCUT2D eigenvalue weighted by Gasteiger charge is -2.09. The highest BCUT2D eigenvalue weighted by molar-refractivity contribution is 5.62. The van der Waals surface area contributed by atoms with Crippen LogP contribution in [0.2, 0.25) is 0 Å². The van der Waals surface area contributed by atoms with Gasteiger partial charge >= 0.3 is 0 Å². The Morgan fingerprint density at radius 1 is 1.37 bits per heavy atom. The van der Waals surface area contributed by atoms with Crippen molar-refractivity contribution in [3.8, 4) is 0 Å². The van der Waals surface area contributed by atoms with Crippen LogP contribution in [0.4, 0.5) is 0 Å². The normalized spacial score (nSPS) is 11.3. The Labute approximate surface area is 113 Å². The Balaban J connectivity index is 0.000000711. The molecule has 0 saturated heterocycles. The minimum Gasteiger partial charge on any atom is -0.481 e. The number of pyridine rings is 1. The molecule has 1 aromatic heterocycles. The van der Waals surface area contributed by atoms with Crippen molar-refractivity contribution in [2.24, 2.45) is 0 Å². The lowest BCUT2D eigenvalue weighted by atomic mass is 10.0. The summed E-state index contributed by atoms with van der Waals surface area (Å²) in [4.78, 5) is 22.5. The van der Waals surface area contributed by atoms with E-state index in [0.717, 1.165) is 31.7 Å². The van der Waals surface area contributed by atoms with Gasteiger partial charge in [-0.25, -0.2) is 0 Å². The molecule has 19 heavy (non-hydrogen) atoms. The van der Waals surface area contributed by atoms with Crippen LogP contribution in [-0.2, 0) is 4.79 Å². The number of carboxylic acids is 1.